The number of carbonyl (C=O) groups is 3. The molecule has 0 saturated carbocycles. The second-order valence-electron chi connectivity index (χ2n) is 12.2. The topological polar surface area (TPSA) is 265 Å². The number of anilines is 8. The zero-order valence-electron chi connectivity index (χ0n) is 32.9. The Balaban J connectivity index is 0.000000199. The van der Waals surface area contributed by atoms with Gasteiger partial charge in [-0.1, -0.05) is 66.2 Å². The lowest BCUT2D eigenvalue weighted by Crippen LogP contribution is -2.21. The minimum Gasteiger partial charge on any atom is -0.395 e. The number of urea groups is 3. The molecule has 60 heavy (non-hydrogen) atoms. The number of aliphatic hydroxyl groups is 2. The van der Waals surface area contributed by atoms with Crippen LogP contribution in [0.2, 0.25) is 5.15 Å². The third-order valence-electron chi connectivity index (χ3n) is 7.14. The van der Waals surface area contributed by atoms with Crippen molar-refractivity contribution in [1.29, 1.82) is 0 Å². The summed E-state index contributed by atoms with van der Waals surface area (Å²) >= 11 is 5.77. The van der Waals surface area contributed by atoms with Gasteiger partial charge in [0.15, 0.2) is 0 Å². The molecule has 6 rings (SSSR count). The lowest BCUT2D eigenvalue weighted by atomic mass is 10.3. The van der Waals surface area contributed by atoms with E-state index in [1.807, 2.05) is 54.6 Å². The quantitative estimate of drug-likeness (QED) is 0.0573. The van der Waals surface area contributed by atoms with Crippen molar-refractivity contribution >= 4 is 76.2 Å². The highest BCUT2D eigenvalue weighted by Crippen LogP contribution is 2.14. The minimum atomic E-state index is -0.417. The van der Waals surface area contributed by atoms with Gasteiger partial charge in [0, 0.05) is 59.4 Å². The minimum absolute atomic E-state index is 0.000303. The summed E-state index contributed by atoms with van der Waals surface area (Å²) < 4.78 is 0. The molecule has 0 fully saturated rings. The molecule has 6 amide bonds. The number of nitrogens with zero attached hydrogens (tertiary/aromatic N) is 6. The second kappa shape index (κ2) is 24.3. The number of aliphatic hydroxyl groups excluding tert-OH is 2. The summed E-state index contributed by atoms with van der Waals surface area (Å²) in [6.45, 7) is 6.13. The number of hydrogen-bond donors (Lipinski definition) is 10. The van der Waals surface area contributed by atoms with E-state index in [0.29, 0.717) is 58.9 Å². The van der Waals surface area contributed by atoms with Crippen molar-refractivity contribution in [1.82, 2.24) is 29.9 Å². The molecular formula is C40H45ClN14O5. The Hall–Kier alpha value is -7.48. The molecule has 20 heteroatoms. The van der Waals surface area contributed by atoms with Gasteiger partial charge in [-0.15, -0.1) is 0 Å². The third-order valence-corrected chi connectivity index (χ3v) is 7.33. The first-order valence-corrected chi connectivity index (χ1v) is 18.7. The van der Waals surface area contributed by atoms with Crippen molar-refractivity contribution in [2.75, 3.05) is 68.8 Å². The largest absolute Gasteiger partial charge is 0.395 e. The Labute approximate surface area is 350 Å². The van der Waals surface area contributed by atoms with E-state index >= 15 is 0 Å². The molecule has 0 aliphatic heterocycles. The van der Waals surface area contributed by atoms with Crippen LogP contribution in [0.3, 0.4) is 0 Å². The van der Waals surface area contributed by atoms with E-state index in [4.69, 9.17) is 21.8 Å². The van der Waals surface area contributed by atoms with Crippen LogP contribution in [0.5, 0.6) is 0 Å². The van der Waals surface area contributed by atoms with Gasteiger partial charge in [0.2, 0.25) is 17.8 Å². The van der Waals surface area contributed by atoms with Crippen molar-refractivity contribution in [2.24, 2.45) is 0 Å². The number of benzene rings is 3. The molecular weight excluding hydrogens is 792 g/mol. The molecule has 0 aliphatic carbocycles. The molecule has 0 unspecified atom stereocenters. The molecule has 0 aliphatic rings. The van der Waals surface area contributed by atoms with Gasteiger partial charge in [-0.2, -0.15) is 9.97 Å². The van der Waals surface area contributed by atoms with Gasteiger partial charge < -0.3 is 36.8 Å². The molecule has 6 aromatic rings. The highest BCUT2D eigenvalue weighted by molar-refractivity contribution is 6.29. The number of halogens is 1. The lowest BCUT2D eigenvalue weighted by Gasteiger charge is -2.09. The van der Waals surface area contributed by atoms with E-state index in [-0.39, 0.29) is 36.2 Å². The van der Waals surface area contributed by atoms with Crippen LogP contribution in [0, 0.1) is 20.8 Å². The fraction of sp³-hybridized carbons (Fsp3) is 0.175. The summed E-state index contributed by atoms with van der Waals surface area (Å²) in [5, 5.41) is 39.4. The van der Waals surface area contributed by atoms with E-state index in [1.165, 1.54) is 0 Å². The number of aromatic nitrogens is 6. The van der Waals surface area contributed by atoms with Crippen LogP contribution in [-0.4, -0.2) is 84.5 Å². The molecule has 0 spiro atoms. The number of para-hydroxylation sites is 3. The lowest BCUT2D eigenvalue weighted by molar-refractivity contribution is 0.261. The SMILES string of the molecule is Cc1cc(Cl)nc(NC(=O)Nc2ccccc2)n1.Cc1cc(NCCO)nc(NC(=O)Nc2ccccc2)n1.Cc1cc(NCCO)nc(NC(=O)Nc2ccccc2)n1. The van der Waals surface area contributed by atoms with E-state index in [0.717, 1.165) is 0 Å². The number of hydrogen-bond acceptors (Lipinski definition) is 13. The maximum atomic E-state index is 11.9. The van der Waals surface area contributed by atoms with Crippen molar-refractivity contribution in [2.45, 2.75) is 20.8 Å². The maximum Gasteiger partial charge on any atom is 0.326 e. The summed E-state index contributed by atoms with van der Waals surface area (Å²) in [5.74, 6) is 1.67. The monoisotopic (exact) mass is 836 g/mol. The van der Waals surface area contributed by atoms with Gasteiger partial charge >= 0.3 is 18.1 Å². The van der Waals surface area contributed by atoms with Gasteiger partial charge in [0.25, 0.3) is 0 Å². The Kier molecular flexibility index (Phi) is 18.3. The zero-order valence-corrected chi connectivity index (χ0v) is 33.7. The molecule has 19 nitrogen and oxygen atoms in total. The summed E-state index contributed by atoms with van der Waals surface area (Å²) in [6.07, 6.45) is 0. The molecule has 10 N–H and O–H groups in total. The fourth-order valence-electron chi connectivity index (χ4n) is 4.74. The van der Waals surface area contributed by atoms with Crippen molar-refractivity contribution in [3.63, 3.8) is 0 Å². The molecule has 0 saturated heterocycles. The van der Waals surface area contributed by atoms with Crippen LogP contribution in [-0.2, 0) is 0 Å². The summed E-state index contributed by atoms with van der Waals surface area (Å²) in [5.41, 5.74) is 4.15. The molecule has 312 valence electrons. The Bertz CT molecular complexity index is 2150. The zero-order chi connectivity index (χ0) is 43.1. The first-order valence-electron chi connectivity index (χ1n) is 18.3. The van der Waals surface area contributed by atoms with E-state index < -0.39 is 18.1 Å². The van der Waals surface area contributed by atoms with Crippen LogP contribution in [0.1, 0.15) is 17.1 Å². The van der Waals surface area contributed by atoms with E-state index in [9.17, 15) is 14.4 Å². The Morgan fingerprint density at radius 3 is 1.10 bits per heavy atom. The van der Waals surface area contributed by atoms with Gasteiger partial charge in [-0.05, 0) is 63.2 Å². The normalized spacial score (nSPS) is 9.97. The van der Waals surface area contributed by atoms with Crippen LogP contribution in [0.25, 0.3) is 0 Å². The number of nitrogens with one attached hydrogen (secondary N) is 8. The molecule has 3 aromatic carbocycles. The van der Waals surface area contributed by atoms with E-state index in [2.05, 4.69) is 72.4 Å². The number of amides is 6. The van der Waals surface area contributed by atoms with Crippen LogP contribution >= 0.6 is 11.6 Å². The molecule has 0 radical (unpaired) electrons. The summed E-state index contributed by atoms with van der Waals surface area (Å²) in [7, 11) is 0. The molecule has 3 heterocycles. The van der Waals surface area contributed by atoms with Gasteiger partial charge in [0.1, 0.15) is 16.8 Å². The van der Waals surface area contributed by atoms with Crippen LogP contribution < -0.4 is 42.5 Å². The van der Waals surface area contributed by atoms with Crippen LogP contribution in [0.15, 0.2) is 109 Å². The summed E-state index contributed by atoms with van der Waals surface area (Å²) in [4.78, 5) is 59.9. The van der Waals surface area contributed by atoms with Gasteiger partial charge in [-0.3, -0.25) is 16.0 Å². The molecule has 0 bridgehead atoms. The number of carbonyl (C=O) groups excluding carboxylic acids is 3. The standard InChI is InChI=1S/2C14H17N5O2.C12H11ClN4O/c2*1-10-9-12(15-7-8-20)18-13(16-10)19-14(21)17-11-5-3-2-4-6-11;1-8-7-10(13)16-11(14-8)17-12(18)15-9-5-3-2-4-6-9/h2*2-6,9,20H,7-8H2,1H3,(H3,15,16,17,18,19,21);2-7H,1H3,(H2,14,15,16,17,18). The van der Waals surface area contributed by atoms with E-state index in [1.54, 1.807) is 75.4 Å². The average Bonchev–Trinajstić information content (AvgIpc) is 3.20. The Morgan fingerprint density at radius 1 is 0.467 bits per heavy atom. The van der Waals surface area contributed by atoms with Crippen LogP contribution in [0.4, 0.5) is 60.9 Å². The average molecular weight is 837 g/mol. The van der Waals surface area contributed by atoms with Gasteiger partial charge in [-0.25, -0.2) is 34.3 Å². The van der Waals surface area contributed by atoms with Crippen molar-refractivity contribution in [3.8, 4) is 0 Å². The first-order chi connectivity index (χ1) is 29.0. The highest BCUT2D eigenvalue weighted by Gasteiger charge is 2.09. The fourth-order valence-corrected chi connectivity index (χ4v) is 4.98. The first kappa shape index (κ1) is 45.2. The maximum absolute atomic E-state index is 11.9. The Morgan fingerprint density at radius 2 is 0.783 bits per heavy atom. The second-order valence-corrected chi connectivity index (χ2v) is 12.6. The third kappa shape index (κ3) is 17.3. The van der Waals surface area contributed by atoms with Crippen molar-refractivity contribution < 1.29 is 24.6 Å². The van der Waals surface area contributed by atoms with Crippen molar-refractivity contribution in [3.05, 3.63) is 131 Å². The smallest absolute Gasteiger partial charge is 0.326 e. The van der Waals surface area contributed by atoms with Gasteiger partial charge in [0.05, 0.1) is 13.2 Å². The summed E-state index contributed by atoms with van der Waals surface area (Å²) in [6, 6.07) is 31.1. The predicted molar refractivity (Wildman–Crippen MR) is 234 cm³/mol. The predicted octanol–water partition coefficient (Wildman–Crippen LogP) is 6.75. The number of rotatable bonds is 12. The number of aryl methyl sites for hydroxylation is 3. The molecule has 3 aromatic heterocycles. The highest BCUT2D eigenvalue weighted by atomic mass is 35.5. The molecule has 0 atom stereocenters.